The maximum absolute atomic E-state index is 14.0. The van der Waals surface area contributed by atoms with Crippen molar-refractivity contribution in [2.24, 2.45) is 0 Å². The first-order valence-electron chi connectivity index (χ1n) is 10.0. The molecule has 0 N–H and O–H groups in total. The number of hydrogen-bond acceptors (Lipinski definition) is 4. The van der Waals surface area contributed by atoms with Crippen molar-refractivity contribution in [2.45, 2.75) is 5.92 Å². The minimum atomic E-state index is -0.374. The maximum atomic E-state index is 14.0. The summed E-state index contributed by atoms with van der Waals surface area (Å²) in [7, 11) is 4.04. The number of carbonyl (C=O) groups is 1. The highest BCUT2D eigenvalue weighted by atomic mass is 35.5. The fourth-order valence-electron chi connectivity index (χ4n) is 3.50. The van der Waals surface area contributed by atoms with Gasteiger partial charge in [-0.15, -0.1) is 12.4 Å². The Hall–Kier alpha value is -2.73. The first-order valence-corrected chi connectivity index (χ1v) is 10.9. The summed E-state index contributed by atoms with van der Waals surface area (Å²) in [5.41, 5.74) is 2.91. The van der Waals surface area contributed by atoms with Crippen LogP contribution in [-0.4, -0.2) is 43.0 Å². The van der Waals surface area contributed by atoms with Gasteiger partial charge >= 0.3 is 0 Å². The third kappa shape index (κ3) is 5.31. The molecule has 160 valence electrons. The van der Waals surface area contributed by atoms with Gasteiger partial charge in [-0.25, -0.2) is 4.98 Å². The summed E-state index contributed by atoms with van der Waals surface area (Å²) in [6.45, 7) is 1.35. The number of anilines is 1. The average molecular weight is 452 g/mol. The highest BCUT2D eigenvalue weighted by Gasteiger charge is 2.30. The molecule has 0 bridgehead atoms. The van der Waals surface area contributed by atoms with Gasteiger partial charge in [0.2, 0.25) is 5.91 Å². The van der Waals surface area contributed by atoms with Crippen LogP contribution in [0.1, 0.15) is 17.0 Å². The number of para-hydroxylation sites is 1. The highest BCUT2D eigenvalue weighted by Crippen LogP contribution is 2.33. The Balaban J connectivity index is 0.00000272. The second kappa shape index (κ2) is 10.5. The standard InChI is InChI=1S/C25H25N3OS.ClH/c1-27(2)17-18-28(25-26-21-15-9-10-16-22(21)30-25)24(29)23(19-11-5-3-6-12-19)20-13-7-4-8-14-20;/h3-16,23H,17-18H2,1-2H3;1H. The fraction of sp³-hybridized carbons (Fsp3) is 0.200. The predicted octanol–water partition coefficient (Wildman–Crippen LogP) is 5.44. The molecule has 1 heterocycles. The van der Waals surface area contributed by atoms with Gasteiger partial charge in [-0.05, 0) is 37.4 Å². The normalized spacial score (nSPS) is 11.0. The fourth-order valence-corrected chi connectivity index (χ4v) is 4.50. The molecule has 0 saturated heterocycles. The van der Waals surface area contributed by atoms with E-state index in [1.807, 2.05) is 97.9 Å². The van der Waals surface area contributed by atoms with Crippen LogP contribution in [0.25, 0.3) is 10.2 Å². The van der Waals surface area contributed by atoms with Crippen LogP contribution in [0.5, 0.6) is 0 Å². The van der Waals surface area contributed by atoms with Crippen molar-refractivity contribution in [1.82, 2.24) is 9.88 Å². The topological polar surface area (TPSA) is 36.4 Å². The van der Waals surface area contributed by atoms with Crippen molar-refractivity contribution in [3.8, 4) is 0 Å². The second-order valence-corrected chi connectivity index (χ2v) is 8.52. The molecule has 0 aliphatic carbocycles. The molecular formula is C25H26ClN3OS. The Morgan fingerprint density at radius 1 is 0.839 bits per heavy atom. The number of rotatable bonds is 7. The minimum absolute atomic E-state index is 0. The van der Waals surface area contributed by atoms with Gasteiger partial charge in [-0.3, -0.25) is 9.69 Å². The average Bonchev–Trinajstić information content (AvgIpc) is 3.19. The summed E-state index contributed by atoms with van der Waals surface area (Å²) in [5.74, 6) is -0.324. The van der Waals surface area contributed by atoms with E-state index >= 15 is 0 Å². The van der Waals surface area contributed by atoms with Gasteiger partial charge in [0.25, 0.3) is 0 Å². The Bertz CT molecular complexity index is 1040. The van der Waals surface area contributed by atoms with E-state index in [1.54, 1.807) is 11.3 Å². The summed E-state index contributed by atoms with van der Waals surface area (Å²) < 4.78 is 1.09. The van der Waals surface area contributed by atoms with Gasteiger partial charge in [0.15, 0.2) is 5.13 Å². The zero-order chi connectivity index (χ0) is 20.9. The van der Waals surface area contributed by atoms with Gasteiger partial charge in [0, 0.05) is 13.1 Å². The number of nitrogens with zero attached hydrogens (tertiary/aromatic N) is 3. The number of benzene rings is 3. The van der Waals surface area contributed by atoms with Crippen LogP contribution in [0.2, 0.25) is 0 Å². The van der Waals surface area contributed by atoms with E-state index in [0.29, 0.717) is 6.54 Å². The smallest absolute Gasteiger partial charge is 0.240 e. The van der Waals surface area contributed by atoms with Crippen molar-refractivity contribution >= 4 is 45.0 Å². The summed E-state index contributed by atoms with van der Waals surface area (Å²) in [6, 6.07) is 28.0. The number of aromatic nitrogens is 1. The van der Waals surface area contributed by atoms with E-state index in [1.165, 1.54) is 0 Å². The Morgan fingerprint density at radius 3 is 1.94 bits per heavy atom. The van der Waals surface area contributed by atoms with Crippen molar-refractivity contribution in [3.63, 3.8) is 0 Å². The summed E-state index contributed by atoms with van der Waals surface area (Å²) >= 11 is 1.57. The van der Waals surface area contributed by atoms with E-state index < -0.39 is 0 Å². The number of halogens is 1. The van der Waals surface area contributed by atoms with Gasteiger partial charge in [-0.1, -0.05) is 84.1 Å². The molecule has 0 atom stereocenters. The maximum Gasteiger partial charge on any atom is 0.240 e. The first kappa shape index (κ1) is 22.9. The van der Waals surface area contributed by atoms with E-state index in [-0.39, 0.29) is 24.2 Å². The molecule has 0 aliphatic rings. The van der Waals surface area contributed by atoms with Gasteiger partial charge in [-0.2, -0.15) is 0 Å². The molecule has 1 aromatic heterocycles. The van der Waals surface area contributed by atoms with Crippen LogP contribution in [-0.2, 0) is 4.79 Å². The summed E-state index contributed by atoms with van der Waals surface area (Å²) in [5, 5.41) is 0.750. The molecule has 0 spiro atoms. The molecule has 0 radical (unpaired) electrons. The number of likely N-dealkylation sites (N-methyl/N-ethyl adjacent to an activating group) is 1. The lowest BCUT2D eigenvalue weighted by molar-refractivity contribution is -0.119. The van der Waals surface area contributed by atoms with Gasteiger partial charge < -0.3 is 4.90 Å². The van der Waals surface area contributed by atoms with Crippen molar-refractivity contribution < 1.29 is 4.79 Å². The van der Waals surface area contributed by atoms with Gasteiger partial charge in [0.05, 0.1) is 16.1 Å². The number of fused-ring (bicyclic) bond motifs is 1. The Labute approximate surface area is 193 Å². The van der Waals surface area contributed by atoms with Crippen LogP contribution in [0.4, 0.5) is 5.13 Å². The third-order valence-electron chi connectivity index (χ3n) is 5.06. The monoisotopic (exact) mass is 451 g/mol. The summed E-state index contributed by atoms with van der Waals surface area (Å²) in [4.78, 5) is 22.7. The van der Waals surface area contributed by atoms with E-state index in [4.69, 9.17) is 4.98 Å². The van der Waals surface area contributed by atoms with Crippen LogP contribution < -0.4 is 4.90 Å². The molecule has 4 nitrogen and oxygen atoms in total. The lowest BCUT2D eigenvalue weighted by Gasteiger charge is -2.27. The van der Waals surface area contributed by atoms with Crippen LogP contribution in [0.3, 0.4) is 0 Å². The molecule has 0 aliphatic heterocycles. The molecule has 31 heavy (non-hydrogen) atoms. The molecular weight excluding hydrogens is 426 g/mol. The molecule has 0 saturated carbocycles. The largest absolute Gasteiger partial charge is 0.308 e. The molecule has 4 rings (SSSR count). The molecule has 0 fully saturated rings. The predicted molar refractivity (Wildman–Crippen MR) is 133 cm³/mol. The SMILES string of the molecule is CN(C)CCN(C(=O)C(c1ccccc1)c1ccccc1)c1nc2ccccc2s1.Cl. The van der Waals surface area contributed by atoms with Crippen molar-refractivity contribution in [2.75, 3.05) is 32.1 Å². The van der Waals surface area contributed by atoms with Crippen LogP contribution >= 0.6 is 23.7 Å². The van der Waals surface area contributed by atoms with Crippen LogP contribution in [0.15, 0.2) is 84.9 Å². The number of carbonyl (C=O) groups excluding carboxylic acids is 1. The van der Waals surface area contributed by atoms with Gasteiger partial charge in [0.1, 0.15) is 0 Å². The second-order valence-electron chi connectivity index (χ2n) is 7.51. The van der Waals surface area contributed by atoms with E-state index in [2.05, 4.69) is 11.0 Å². The summed E-state index contributed by atoms with van der Waals surface area (Å²) in [6.07, 6.45) is 0. The molecule has 6 heteroatoms. The van der Waals surface area contributed by atoms with E-state index in [0.717, 1.165) is 33.0 Å². The number of amides is 1. The quantitative estimate of drug-likeness (QED) is 0.375. The number of hydrogen-bond donors (Lipinski definition) is 0. The lowest BCUT2D eigenvalue weighted by atomic mass is 9.90. The zero-order valence-corrected chi connectivity index (χ0v) is 19.3. The molecule has 0 unspecified atom stereocenters. The van der Waals surface area contributed by atoms with E-state index in [9.17, 15) is 4.79 Å². The Morgan fingerprint density at radius 2 is 1.39 bits per heavy atom. The van der Waals surface area contributed by atoms with Crippen molar-refractivity contribution in [1.29, 1.82) is 0 Å². The zero-order valence-electron chi connectivity index (χ0n) is 17.6. The molecule has 1 amide bonds. The lowest BCUT2D eigenvalue weighted by Crippen LogP contribution is -2.40. The molecule has 4 aromatic rings. The van der Waals surface area contributed by atoms with Crippen molar-refractivity contribution in [3.05, 3.63) is 96.1 Å². The third-order valence-corrected chi connectivity index (χ3v) is 6.12. The number of thiazole rings is 1. The minimum Gasteiger partial charge on any atom is -0.308 e. The van der Waals surface area contributed by atoms with Crippen LogP contribution in [0, 0.1) is 0 Å². The Kier molecular flexibility index (Phi) is 7.80. The highest BCUT2D eigenvalue weighted by molar-refractivity contribution is 7.22. The molecule has 3 aromatic carbocycles. The first-order chi connectivity index (χ1) is 14.6.